The molecule has 2 heterocycles. The zero-order valence-corrected chi connectivity index (χ0v) is 14.1. The van der Waals surface area contributed by atoms with Crippen molar-refractivity contribution in [3.05, 3.63) is 37.5 Å². The van der Waals surface area contributed by atoms with Gasteiger partial charge in [0.15, 0.2) is 0 Å². The third kappa shape index (κ3) is 3.46. The molecule has 0 aromatic carbocycles. The molecule has 0 radical (unpaired) electrons. The molecular weight excluding hydrogens is 378 g/mol. The molecule has 18 heavy (non-hydrogen) atoms. The largest absolute Gasteiger partial charge is 0.379 e. The van der Waals surface area contributed by atoms with Gasteiger partial charge in [-0.25, -0.2) is 4.98 Å². The molecule has 3 nitrogen and oxygen atoms in total. The third-order valence-corrected chi connectivity index (χ3v) is 5.63. The summed E-state index contributed by atoms with van der Waals surface area (Å²) in [6.45, 7) is 0.803. The number of pyridine rings is 1. The molecule has 1 N–H and O–H groups in total. The average molecular weight is 391 g/mol. The van der Waals surface area contributed by atoms with Crippen LogP contribution in [0, 0.1) is 0 Å². The first kappa shape index (κ1) is 13.8. The minimum atomic E-state index is 0.803. The van der Waals surface area contributed by atoms with Crippen molar-refractivity contribution < 1.29 is 0 Å². The molecule has 0 aliphatic rings. The van der Waals surface area contributed by atoms with Gasteiger partial charge in [0.1, 0.15) is 5.82 Å². The summed E-state index contributed by atoms with van der Waals surface area (Å²) in [6, 6.07) is 6.16. The van der Waals surface area contributed by atoms with E-state index in [1.54, 1.807) is 11.3 Å². The Bertz CT molecular complexity index is 503. The van der Waals surface area contributed by atoms with Crippen LogP contribution in [0.4, 0.5) is 11.5 Å². The van der Waals surface area contributed by atoms with E-state index >= 15 is 0 Å². The Kier molecular flexibility index (Phi) is 4.64. The Morgan fingerprint density at radius 1 is 1.33 bits per heavy atom. The summed E-state index contributed by atoms with van der Waals surface area (Å²) in [5, 5.41) is 3.36. The van der Waals surface area contributed by atoms with Crippen LogP contribution in [0.2, 0.25) is 0 Å². The number of hydrogen-bond donors (Lipinski definition) is 1. The number of halogens is 2. The standard InChI is InChI=1S/C12H13Br2N3S/c1-17(2)11-4-3-8(6-16-11)15-7-9-5-10(13)12(14)18-9/h3-6,15H,7H2,1-2H3. The summed E-state index contributed by atoms with van der Waals surface area (Å²) in [4.78, 5) is 7.61. The summed E-state index contributed by atoms with van der Waals surface area (Å²) < 4.78 is 2.23. The number of thiophene rings is 1. The molecule has 2 aromatic heterocycles. The van der Waals surface area contributed by atoms with Crippen molar-refractivity contribution >= 4 is 54.7 Å². The molecule has 6 heteroatoms. The van der Waals surface area contributed by atoms with E-state index in [9.17, 15) is 0 Å². The van der Waals surface area contributed by atoms with Crippen LogP contribution < -0.4 is 10.2 Å². The highest BCUT2D eigenvalue weighted by molar-refractivity contribution is 9.13. The lowest BCUT2D eigenvalue weighted by Gasteiger charge is -2.11. The molecule has 0 fully saturated rings. The van der Waals surface area contributed by atoms with Crippen LogP contribution in [0.15, 0.2) is 32.7 Å². The lowest BCUT2D eigenvalue weighted by molar-refractivity contribution is 1.06. The van der Waals surface area contributed by atoms with Crippen molar-refractivity contribution in [3.63, 3.8) is 0 Å². The molecule has 0 amide bonds. The molecule has 0 unspecified atom stereocenters. The van der Waals surface area contributed by atoms with Crippen LogP contribution in [0.5, 0.6) is 0 Å². The highest BCUT2D eigenvalue weighted by atomic mass is 79.9. The highest BCUT2D eigenvalue weighted by Gasteiger charge is 2.04. The monoisotopic (exact) mass is 389 g/mol. The van der Waals surface area contributed by atoms with Gasteiger partial charge in [0.25, 0.3) is 0 Å². The van der Waals surface area contributed by atoms with E-state index in [1.165, 1.54) is 4.88 Å². The first-order chi connectivity index (χ1) is 8.56. The predicted octanol–water partition coefficient (Wildman–Crippen LogP) is 4.35. The summed E-state index contributed by atoms with van der Waals surface area (Å²) in [5.41, 5.74) is 1.03. The van der Waals surface area contributed by atoms with Crippen LogP contribution in [0.1, 0.15) is 4.88 Å². The van der Waals surface area contributed by atoms with E-state index < -0.39 is 0 Å². The Morgan fingerprint density at radius 3 is 2.61 bits per heavy atom. The Hall–Kier alpha value is -0.590. The molecule has 0 aliphatic heterocycles. The van der Waals surface area contributed by atoms with Crippen molar-refractivity contribution in [3.8, 4) is 0 Å². The quantitative estimate of drug-likeness (QED) is 0.841. The van der Waals surface area contributed by atoms with E-state index in [4.69, 9.17) is 0 Å². The highest BCUT2D eigenvalue weighted by Crippen LogP contribution is 2.32. The molecular formula is C12H13Br2N3S. The maximum atomic E-state index is 4.36. The fourth-order valence-electron chi connectivity index (χ4n) is 1.42. The second-order valence-corrected chi connectivity index (χ2v) is 7.30. The summed E-state index contributed by atoms with van der Waals surface area (Å²) >= 11 is 8.70. The number of anilines is 2. The first-order valence-corrected chi connectivity index (χ1v) is 7.77. The SMILES string of the molecule is CN(C)c1ccc(NCc2cc(Br)c(Br)s2)cn1. The topological polar surface area (TPSA) is 28.2 Å². The number of hydrogen-bond acceptors (Lipinski definition) is 4. The molecule has 0 saturated carbocycles. The van der Waals surface area contributed by atoms with Gasteiger partial charge in [0, 0.05) is 30.0 Å². The number of nitrogens with zero attached hydrogens (tertiary/aromatic N) is 2. The van der Waals surface area contributed by atoms with Gasteiger partial charge in [0.2, 0.25) is 0 Å². The minimum Gasteiger partial charge on any atom is -0.379 e. The molecule has 0 bridgehead atoms. The second-order valence-electron chi connectivity index (χ2n) is 3.99. The lowest BCUT2D eigenvalue weighted by atomic mass is 10.3. The number of nitrogens with one attached hydrogen (secondary N) is 1. The zero-order valence-electron chi connectivity index (χ0n) is 10.1. The summed E-state index contributed by atoms with van der Waals surface area (Å²) in [6.07, 6.45) is 1.85. The average Bonchev–Trinajstić information content (AvgIpc) is 2.67. The normalized spacial score (nSPS) is 10.4. The molecule has 0 atom stereocenters. The van der Waals surface area contributed by atoms with Gasteiger partial charge >= 0.3 is 0 Å². The van der Waals surface area contributed by atoms with E-state index in [-0.39, 0.29) is 0 Å². The Balaban J connectivity index is 1.97. The van der Waals surface area contributed by atoms with Crippen molar-refractivity contribution in [1.29, 1.82) is 0 Å². The van der Waals surface area contributed by atoms with E-state index in [1.807, 2.05) is 37.3 Å². The molecule has 0 aliphatic carbocycles. The maximum Gasteiger partial charge on any atom is 0.128 e. The molecule has 0 saturated heterocycles. The number of rotatable bonds is 4. The van der Waals surface area contributed by atoms with Crippen LogP contribution in [-0.4, -0.2) is 19.1 Å². The number of aromatic nitrogens is 1. The molecule has 96 valence electrons. The first-order valence-electron chi connectivity index (χ1n) is 5.37. The maximum absolute atomic E-state index is 4.36. The smallest absolute Gasteiger partial charge is 0.128 e. The van der Waals surface area contributed by atoms with Crippen LogP contribution in [0.25, 0.3) is 0 Å². The van der Waals surface area contributed by atoms with Crippen LogP contribution in [-0.2, 0) is 6.54 Å². The van der Waals surface area contributed by atoms with Gasteiger partial charge in [-0.2, -0.15) is 0 Å². The summed E-state index contributed by atoms with van der Waals surface area (Å²) in [7, 11) is 3.96. The fraction of sp³-hybridized carbons (Fsp3) is 0.250. The molecule has 2 aromatic rings. The van der Waals surface area contributed by atoms with Crippen LogP contribution >= 0.6 is 43.2 Å². The lowest BCUT2D eigenvalue weighted by Crippen LogP contribution is -2.10. The molecule has 2 rings (SSSR count). The van der Waals surface area contributed by atoms with Crippen LogP contribution in [0.3, 0.4) is 0 Å². The predicted molar refractivity (Wildman–Crippen MR) is 85.6 cm³/mol. The second kappa shape index (κ2) is 6.04. The van der Waals surface area contributed by atoms with Gasteiger partial charge in [0.05, 0.1) is 15.7 Å². The van der Waals surface area contributed by atoms with Gasteiger partial charge < -0.3 is 10.2 Å². The zero-order chi connectivity index (χ0) is 13.1. The summed E-state index contributed by atoms with van der Waals surface area (Å²) in [5.74, 6) is 0.960. The van der Waals surface area contributed by atoms with Gasteiger partial charge in [-0.05, 0) is 50.1 Å². The minimum absolute atomic E-state index is 0.803. The van der Waals surface area contributed by atoms with Gasteiger partial charge in [-0.1, -0.05) is 0 Å². The van der Waals surface area contributed by atoms with Crippen molar-refractivity contribution in [2.75, 3.05) is 24.3 Å². The van der Waals surface area contributed by atoms with Crippen molar-refractivity contribution in [2.45, 2.75) is 6.54 Å². The fourth-order valence-corrected chi connectivity index (χ4v) is 3.54. The van der Waals surface area contributed by atoms with E-state index in [2.05, 4.69) is 48.2 Å². The van der Waals surface area contributed by atoms with E-state index in [0.717, 1.165) is 26.3 Å². The Morgan fingerprint density at radius 2 is 2.11 bits per heavy atom. The van der Waals surface area contributed by atoms with Crippen molar-refractivity contribution in [2.24, 2.45) is 0 Å². The van der Waals surface area contributed by atoms with E-state index in [0.29, 0.717) is 0 Å². The van der Waals surface area contributed by atoms with Gasteiger partial charge in [-0.15, -0.1) is 11.3 Å². The van der Waals surface area contributed by atoms with Gasteiger partial charge in [-0.3, -0.25) is 0 Å². The molecule has 0 spiro atoms. The Labute approximate surface area is 127 Å². The van der Waals surface area contributed by atoms with Crippen molar-refractivity contribution in [1.82, 2.24) is 4.98 Å². The third-order valence-electron chi connectivity index (χ3n) is 2.37.